The Morgan fingerprint density at radius 3 is 2.42 bits per heavy atom. The number of rotatable bonds is 7. The molecule has 0 aliphatic rings. The van der Waals surface area contributed by atoms with Crippen LogP contribution in [0.1, 0.15) is 31.7 Å². The highest BCUT2D eigenvalue weighted by Crippen LogP contribution is 2.17. The zero-order valence-corrected chi connectivity index (χ0v) is 13.7. The van der Waals surface area contributed by atoms with Crippen molar-refractivity contribution in [3.05, 3.63) is 40.9 Å². The van der Waals surface area contributed by atoms with Gasteiger partial charge < -0.3 is 0 Å². The maximum atomic E-state index is 12.3. The van der Waals surface area contributed by atoms with Gasteiger partial charge in [0.15, 0.2) is 0 Å². The fourth-order valence-electron chi connectivity index (χ4n) is 1.82. The van der Waals surface area contributed by atoms with Gasteiger partial charge in [-0.25, -0.2) is 13.1 Å². The zero-order valence-electron chi connectivity index (χ0n) is 11.3. The van der Waals surface area contributed by atoms with Crippen LogP contribution in [0.15, 0.2) is 40.2 Å². The highest BCUT2D eigenvalue weighted by atomic mass is 79.9. The molecule has 0 aromatic heterocycles. The Morgan fingerprint density at radius 1 is 1.37 bits per heavy atom. The van der Waals surface area contributed by atoms with Gasteiger partial charge in [-0.05, 0) is 36.4 Å². The number of benzene rings is 1. The van der Waals surface area contributed by atoms with Gasteiger partial charge in [-0.2, -0.15) is 0 Å². The monoisotopic (exact) mass is 345 g/mol. The zero-order chi connectivity index (χ0) is 14.5. The van der Waals surface area contributed by atoms with E-state index in [1.54, 1.807) is 24.3 Å². The first-order valence-corrected chi connectivity index (χ1v) is 8.55. The minimum Gasteiger partial charge on any atom is -0.208 e. The largest absolute Gasteiger partial charge is 0.240 e. The van der Waals surface area contributed by atoms with Gasteiger partial charge in [0, 0.05) is 6.04 Å². The van der Waals surface area contributed by atoms with E-state index in [9.17, 15) is 8.42 Å². The van der Waals surface area contributed by atoms with Crippen LogP contribution in [-0.2, 0) is 10.0 Å². The molecule has 3 nitrogen and oxygen atoms in total. The molecule has 0 fully saturated rings. The second-order valence-corrected chi connectivity index (χ2v) is 7.48. The molecule has 0 spiro atoms. The summed E-state index contributed by atoms with van der Waals surface area (Å²) in [6.45, 7) is 7.73. The van der Waals surface area contributed by atoms with Crippen molar-refractivity contribution < 1.29 is 8.42 Å². The number of hydrogen-bond acceptors (Lipinski definition) is 2. The second kappa shape index (κ2) is 7.22. The Kier molecular flexibility index (Phi) is 6.23. The highest BCUT2D eigenvalue weighted by molar-refractivity contribution is 9.11. The smallest absolute Gasteiger partial charge is 0.208 e. The first-order valence-electron chi connectivity index (χ1n) is 6.27. The van der Waals surface area contributed by atoms with E-state index in [0.717, 1.165) is 22.9 Å². The van der Waals surface area contributed by atoms with Crippen LogP contribution in [0.4, 0.5) is 0 Å². The Bertz CT molecular complexity index is 523. The average Bonchev–Trinajstić information content (AvgIpc) is 2.28. The van der Waals surface area contributed by atoms with E-state index < -0.39 is 10.0 Å². The molecular formula is C14H20BrNO2S. The van der Waals surface area contributed by atoms with Crippen molar-refractivity contribution in [2.24, 2.45) is 0 Å². The Balaban J connectivity index is 2.87. The number of aryl methyl sites for hydroxylation is 1. The van der Waals surface area contributed by atoms with Crippen molar-refractivity contribution in [2.45, 2.75) is 44.0 Å². The predicted molar refractivity (Wildman–Crippen MR) is 82.9 cm³/mol. The SMILES string of the molecule is C=C(Br)CC(CCC)NS(=O)(=O)c1ccc(C)cc1. The Morgan fingerprint density at radius 2 is 1.95 bits per heavy atom. The summed E-state index contributed by atoms with van der Waals surface area (Å²) in [6, 6.07) is 6.73. The summed E-state index contributed by atoms with van der Waals surface area (Å²) in [6.07, 6.45) is 2.30. The van der Waals surface area contributed by atoms with Gasteiger partial charge in [0.2, 0.25) is 10.0 Å². The molecule has 1 atom stereocenters. The summed E-state index contributed by atoms with van der Waals surface area (Å²) in [5.41, 5.74) is 1.04. The van der Waals surface area contributed by atoms with E-state index in [-0.39, 0.29) is 6.04 Å². The standard InChI is InChI=1S/C14H20BrNO2S/c1-4-5-13(10-12(3)15)16-19(17,18)14-8-6-11(2)7-9-14/h6-9,13,16H,3-5,10H2,1-2H3. The van der Waals surface area contributed by atoms with E-state index in [1.807, 2.05) is 13.8 Å². The van der Waals surface area contributed by atoms with Gasteiger partial charge in [0.1, 0.15) is 0 Å². The Labute approximate surface area is 124 Å². The number of sulfonamides is 1. The van der Waals surface area contributed by atoms with Gasteiger partial charge in [0.05, 0.1) is 4.90 Å². The van der Waals surface area contributed by atoms with Crippen LogP contribution < -0.4 is 4.72 Å². The summed E-state index contributed by atoms with van der Waals surface area (Å²) in [4.78, 5) is 0.305. The van der Waals surface area contributed by atoms with Crippen molar-refractivity contribution >= 4 is 26.0 Å². The lowest BCUT2D eigenvalue weighted by molar-refractivity contribution is 0.524. The molecule has 0 saturated heterocycles. The lowest BCUT2D eigenvalue weighted by Crippen LogP contribution is -2.34. The number of nitrogens with one attached hydrogen (secondary N) is 1. The van der Waals surface area contributed by atoms with E-state index in [0.29, 0.717) is 11.3 Å². The third-order valence-corrected chi connectivity index (χ3v) is 4.62. The van der Waals surface area contributed by atoms with Crippen LogP contribution in [0.2, 0.25) is 0 Å². The molecule has 0 saturated carbocycles. The van der Waals surface area contributed by atoms with Crippen LogP contribution >= 0.6 is 15.9 Å². The molecule has 106 valence electrons. The van der Waals surface area contributed by atoms with Crippen molar-refractivity contribution in [2.75, 3.05) is 0 Å². The quantitative estimate of drug-likeness (QED) is 0.818. The van der Waals surface area contributed by atoms with E-state index in [1.165, 1.54) is 0 Å². The van der Waals surface area contributed by atoms with Crippen LogP contribution in [0.3, 0.4) is 0 Å². The molecule has 5 heteroatoms. The number of hydrogen-bond donors (Lipinski definition) is 1. The maximum Gasteiger partial charge on any atom is 0.240 e. The molecule has 0 amide bonds. The third kappa shape index (κ3) is 5.47. The van der Waals surface area contributed by atoms with Crippen molar-refractivity contribution in [3.63, 3.8) is 0 Å². The number of halogens is 1. The molecule has 0 aliphatic heterocycles. The highest BCUT2D eigenvalue weighted by Gasteiger charge is 2.19. The maximum absolute atomic E-state index is 12.3. The summed E-state index contributed by atoms with van der Waals surface area (Å²) < 4.78 is 28.1. The predicted octanol–water partition coefficient (Wildman–Crippen LogP) is 3.74. The topological polar surface area (TPSA) is 46.2 Å². The molecule has 0 radical (unpaired) electrons. The van der Waals surface area contributed by atoms with E-state index in [4.69, 9.17) is 0 Å². The molecule has 1 N–H and O–H groups in total. The van der Waals surface area contributed by atoms with Gasteiger partial charge in [0.25, 0.3) is 0 Å². The minimum absolute atomic E-state index is 0.122. The molecule has 0 aliphatic carbocycles. The van der Waals surface area contributed by atoms with Crippen LogP contribution in [0, 0.1) is 6.92 Å². The molecule has 0 heterocycles. The Hall–Kier alpha value is -0.650. The fraction of sp³-hybridized carbons (Fsp3) is 0.429. The first-order chi connectivity index (χ1) is 8.85. The van der Waals surface area contributed by atoms with Crippen LogP contribution in [0.25, 0.3) is 0 Å². The minimum atomic E-state index is -3.46. The molecule has 19 heavy (non-hydrogen) atoms. The molecule has 1 aromatic rings. The second-order valence-electron chi connectivity index (χ2n) is 4.64. The first kappa shape index (κ1) is 16.4. The average molecular weight is 346 g/mol. The van der Waals surface area contributed by atoms with Crippen LogP contribution in [-0.4, -0.2) is 14.5 Å². The van der Waals surface area contributed by atoms with Gasteiger partial charge >= 0.3 is 0 Å². The lowest BCUT2D eigenvalue weighted by Gasteiger charge is -2.17. The summed E-state index contributed by atoms with van der Waals surface area (Å²) in [5.74, 6) is 0. The summed E-state index contributed by atoms with van der Waals surface area (Å²) in [7, 11) is -3.46. The lowest BCUT2D eigenvalue weighted by atomic mass is 10.1. The fourth-order valence-corrected chi connectivity index (χ4v) is 3.48. The molecule has 0 bridgehead atoms. The molecular weight excluding hydrogens is 326 g/mol. The summed E-state index contributed by atoms with van der Waals surface area (Å²) >= 11 is 3.29. The van der Waals surface area contributed by atoms with Gasteiger partial charge in [-0.15, -0.1) is 0 Å². The van der Waals surface area contributed by atoms with Gasteiger partial charge in [-0.1, -0.05) is 53.5 Å². The van der Waals surface area contributed by atoms with E-state index >= 15 is 0 Å². The van der Waals surface area contributed by atoms with Gasteiger partial charge in [-0.3, -0.25) is 0 Å². The normalized spacial score (nSPS) is 13.2. The van der Waals surface area contributed by atoms with Crippen molar-refractivity contribution in [1.82, 2.24) is 4.72 Å². The van der Waals surface area contributed by atoms with E-state index in [2.05, 4.69) is 27.2 Å². The van der Waals surface area contributed by atoms with Crippen LogP contribution in [0.5, 0.6) is 0 Å². The van der Waals surface area contributed by atoms with Crippen molar-refractivity contribution in [1.29, 1.82) is 0 Å². The molecule has 1 unspecified atom stereocenters. The third-order valence-electron chi connectivity index (χ3n) is 2.76. The molecule has 1 rings (SSSR count). The molecule has 1 aromatic carbocycles. The summed E-state index contributed by atoms with van der Waals surface area (Å²) in [5, 5.41) is 0. The van der Waals surface area contributed by atoms with Crippen molar-refractivity contribution in [3.8, 4) is 0 Å².